The molecule has 30 heavy (non-hydrogen) atoms. The largest absolute Gasteiger partial charge is 0.452 e. The van der Waals surface area contributed by atoms with Gasteiger partial charge in [0.15, 0.2) is 6.61 Å². The van der Waals surface area contributed by atoms with E-state index in [1.807, 2.05) is 56.3 Å². The van der Waals surface area contributed by atoms with E-state index in [2.05, 4.69) is 15.4 Å². The number of aryl methyl sites for hydroxylation is 2. The van der Waals surface area contributed by atoms with Crippen molar-refractivity contribution in [2.75, 3.05) is 0 Å². The first-order chi connectivity index (χ1) is 14.6. The van der Waals surface area contributed by atoms with Crippen molar-refractivity contribution in [3.05, 3.63) is 83.1 Å². The van der Waals surface area contributed by atoms with E-state index < -0.39 is 5.97 Å². The van der Waals surface area contributed by atoms with Crippen LogP contribution in [0.15, 0.2) is 68.4 Å². The minimum Gasteiger partial charge on any atom is -0.452 e. The fourth-order valence-electron chi connectivity index (χ4n) is 2.83. The maximum Gasteiger partial charge on any atom is 0.339 e. The van der Waals surface area contributed by atoms with E-state index in [0.717, 1.165) is 27.5 Å². The number of esters is 1. The van der Waals surface area contributed by atoms with Gasteiger partial charge in [0.1, 0.15) is 5.76 Å². The molecule has 2 aromatic carbocycles. The molecule has 2 aromatic heterocycles. The monoisotopic (exact) mass is 421 g/mol. The lowest BCUT2D eigenvalue weighted by Gasteiger charge is -2.08. The molecule has 0 amide bonds. The van der Waals surface area contributed by atoms with Crippen molar-refractivity contribution in [3.63, 3.8) is 0 Å². The van der Waals surface area contributed by atoms with Crippen LogP contribution in [0, 0.1) is 13.8 Å². The Morgan fingerprint density at radius 1 is 1.03 bits per heavy atom. The fraction of sp³-hybridized carbons (Fsp3) is 0.182. The summed E-state index contributed by atoms with van der Waals surface area (Å²) in [5, 5.41) is 11.9. The summed E-state index contributed by atoms with van der Waals surface area (Å²) in [6.07, 6.45) is 0. The van der Waals surface area contributed by atoms with Crippen molar-refractivity contribution in [1.29, 1.82) is 0 Å². The number of carbonyl (C=O) groups is 1. The van der Waals surface area contributed by atoms with Crippen LogP contribution in [-0.2, 0) is 17.1 Å². The zero-order chi connectivity index (χ0) is 20.9. The number of aromatic nitrogens is 3. The Balaban J connectivity index is 1.41. The molecule has 8 heteroatoms. The molecule has 0 aliphatic heterocycles. The first kappa shape index (κ1) is 19.9. The van der Waals surface area contributed by atoms with E-state index in [1.165, 1.54) is 11.8 Å². The number of hydrogen-bond acceptors (Lipinski definition) is 8. The molecule has 0 spiro atoms. The molecule has 0 N–H and O–H groups in total. The van der Waals surface area contributed by atoms with E-state index in [9.17, 15) is 4.79 Å². The predicted molar refractivity (Wildman–Crippen MR) is 111 cm³/mol. The zero-order valence-electron chi connectivity index (χ0n) is 16.5. The Labute approximate surface area is 177 Å². The number of hydrogen-bond donors (Lipinski definition) is 0. The predicted octanol–water partition coefficient (Wildman–Crippen LogP) is 4.99. The summed E-state index contributed by atoms with van der Waals surface area (Å²) in [6.45, 7) is 3.69. The molecule has 7 nitrogen and oxygen atoms in total. The molecule has 0 bridgehead atoms. The number of thioether (sulfide) groups is 1. The third-order valence-electron chi connectivity index (χ3n) is 4.47. The van der Waals surface area contributed by atoms with E-state index in [-0.39, 0.29) is 12.5 Å². The average molecular weight is 421 g/mol. The second-order valence-corrected chi connectivity index (χ2v) is 7.55. The van der Waals surface area contributed by atoms with E-state index in [1.54, 1.807) is 12.1 Å². The first-order valence-electron chi connectivity index (χ1n) is 9.30. The zero-order valence-corrected chi connectivity index (χ0v) is 17.3. The van der Waals surface area contributed by atoms with E-state index in [0.29, 0.717) is 17.2 Å². The molecular weight excluding hydrogens is 402 g/mol. The molecule has 2 heterocycles. The van der Waals surface area contributed by atoms with Gasteiger partial charge in [-0.1, -0.05) is 35.5 Å². The minimum absolute atomic E-state index is 0.0957. The van der Waals surface area contributed by atoms with Gasteiger partial charge in [0.25, 0.3) is 5.89 Å². The molecule has 0 aliphatic carbocycles. The van der Waals surface area contributed by atoms with Crippen molar-refractivity contribution < 1.29 is 18.5 Å². The molecule has 0 radical (unpaired) electrons. The minimum atomic E-state index is -0.448. The van der Waals surface area contributed by atoms with Crippen molar-refractivity contribution in [3.8, 4) is 11.5 Å². The van der Waals surface area contributed by atoms with Gasteiger partial charge in [-0.3, -0.25) is 0 Å². The Morgan fingerprint density at radius 2 is 1.80 bits per heavy atom. The summed E-state index contributed by atoms with van der Waals surface area (Å²) in [5.74, 6) is 1.61. The van der Waals surface area contributed by atoms with Gasteiger partial charge >= 0.3 is 5.97 Å². The summed E-state index contributed by atoms with van der Waals surface area (Å²) in [4.78, 5) is 13.5. The van der Waals surface area contributed by atoms with E-state index in [4.69, 9.17) is 13.7 Å². The van der Waals surface area contributed by atoms with Crippen molar-refractivity contribution >= 4 is 17.7 Å². The average Bonchev–Trinajstić information content (AvgIpc) is 3.38. The summed E-state index contributed by atoms with van der Waals surface area (Å²) in [6, 6.07) is 16.7. The number of carbonyl (C=O) groups excluding carboxylic acids is 1. The van der Waals surface area contributed by atoms with Crippen molar-refractivity contribution in [2.45, 2.75) is 31.1 Å². The maximum absolute atomic E-state index is 12.7. The first-order valence-corrected chi connectivity index (χ1v) is 10.3. The quantitative estimate of drug-likeness (QED) is 0.304. The van der Waals surface area contributed by atoms with Crippen LogP contribution < -0.4 is 0 Å². The third kappa shape index (κ3) is 4.44. The topological polar surface area (TPSA) is 91.2 Å². The van der Waals surface area contributed by atoms with Gasteiger partial charge in [0.2, 0.25) is 5.89 Å². The van der Waals surface area contributed by atoms with Gasteiger partial charge in [-0.05, 0) is 38.1 Å². The number of rotatable bonds is 7. The summed E-state index contributed by atoms with van der Waals surface area (Å²) in [5.41, 5.74) is 3.17. The van der Waals surface area contributed by atoms with Gasteiger partial charge in [-0.15, -0.1) is 22.0 Å². The van der Waals surface area contributed by atoms with Crippen LogP contribution >= 0.6 is 11.8 Å². The Morgan fingerprint density at radius 3 is 2.57 bits per heavy atom. The molecule has 4 aromatic rings. The van der Waals surface area contributed by atoms with Crippen LogP contribution in [0.2, 0.25) is 0 Å². The van der Waals surface area contributed by atoms with Gasteiger partial charge in [-0.2, -0.15) is 0 Å². The molecule has 0 fully saturated rings. The summed E-state index contributed by atoms with van der Waals surface area (Å²) in [7, 11) is 0. The SMILES string of the molecule is Cc1noc(C)c1CSc1ccccc1C(=O)OCc1nnc(-c2ccccc2)o1. The van der Waals surface area contributed by atoms with Gasteiger partial charge in [0, 0.05) is 21.8 Å². The van der Waals surface area contributed by atoms with Crippen LogP contribution in [0.3, 0.4) is 0 Å². The van der Waals surface area contributed by atoms with Gasteiger partial charge in [0.05, 0.1) is 11.3 Å². The highest BCUT2D eigenvalue weighted by atomic mass is 32.2. The standard InChI is InChI=1S/C22H19N3O4S/c1-14-18(15(2)29-25-14)13-30-19-11-7-6-10-17(19)22(26)27-12-20-23-24-21(28-20)16-8-4-3-5-9-16/h3-11H,12-13H2,1-2H3. The van der Waals surface area contributed by atoms with Gasteiger partial charge < -0.3 is 13.7 Å². The molecule has 0 unspecified atom stereocenters. The molecule has 0 saturated carbocycles. The molecule has 0 saturated heterocycles. The highest BCUT2D eigenvalue weighted by Gasteiger charge is 2.17. The Bertz CT molecular complexity index is 1130. The van der Waals surface area contributed by atoms with Crippen LogP contribution in [0.4, 0.5) is 0 Å². The normalized spacial score (nSPS) is 10.9. The maximum atomic E-state index is 12.7. The Hall–Kier alpha value is -3.39. The number of benzene rings is 2. The van der Waals surface area contributed by atoms with Crippen molar-refractivity contribution in [1.82, 2.24) is 15.4 Å². The van der Waals surface area contributed by atoms with Crippen LogP contribution in [-0.4, -0.2) is 21.3 Å². The highest BCUT2D eigenvalue weighted by Crippen LogP contribution is 2.29. The molecule has 152 valence electrons. The van der Waals surface area contributed by atoms with Crippen molar-refractivity contribution in [2.24, 2.45) is 0 Å². The lowest BCUT2D eigenvalue weighted by atomic mass is 10.2. The summed E-state index contributed by atoms with van der Waals surface area (Å²) >= 11 is 1.53. The molecule has 0 aliphatic rings. The van der Waals surface area contributed by atoms with Crippen LogP contribution in [0.25, 0.3) is 11.5 Å². The molecule has 4 rings (SSSR count). The molecular formula is C22H19N3O4S. The number of ether oxygens (including phenoxy) is 1. The van der Waals surface area contributed by atoms with Gasteiger partial charge in [-0.25, -0.2) is 4.79 Å². The third-order valence-corrected chi connectivity index (χ3v) is 5.57. The summed E-state index contributed by atoms with van der Waals surface area (Å²) < 4.78 is 16.2. The Kier molecular flexibility index (Phi) is 5.94. The van der Waals surface area contributed by atoms with Crippen LogP contribution in [0.5, 0.6) is 0 Å². The second-order valence-electron chi connectivity index (χ2n) is 6.53. The second kappa shape index (κ2) is 8.96. The molecule has 0 atom stereocenters. The fourth-order valence-corrected chi connectivity index (χ4v) is 4.03. The smallest absolute Gasteiger partial charge is 0.339 e. The van der Waals surface area contributed by atoms with Crippen LogP contribution in [0.1, 0.15) is 33.3 Å². The number of nitrogens with zero attached hydrogens (tertiary/aromatic N) is 3. The van der Waals surface area contributed by atoms with E-state index >= 15 is 0 Å². The lowest BCUT2D eigenvalue weighted by molar-refractivity contribution is 0.0434. The highest BCUT2D eigenvalue weighted by molar-refractivity contribution is 7.98. The lowest BCUT2D eigenvalue weighted by Crippen LogP contribution is -2.07.